The van der Waals surface area contributed by atoms with E-state index >= 15 is 0 Å². The van der Waals surface area contributed by atoms with Crippen molar-refractivity contribution in [3.63, 3.8) is 0 Å². The molecular weight excluding hydrogens is 192 g/mol. The lowest BCUT2D eigenvalue weighted by molar-refractivity contribution is 0.363. The van der Waals surface area contributed by atoms with Crippen LogP contribution < -0.4 is 0 Å². The number of hydrogen-bond donors (Lipinski definition) is 0. The van der Waals surface area contributed by atoms with Gasteiger partial charge in [0.2, 0.25) is 0 Å². The predicted octanol–water partition coefficient (Wildman–Crippen LogP) is 4.74. The molecule has 1 rings (SSSR count). The first kappa shape index (κ1) is 11.6. The van der Waals surface area contributed by atoms with E-state index in [1.54, 1.807) is 0 Å². The summed E-state index contributed by atoms with van der Waals surface area (Å²) in [6, 6.07) is 8.15. The van der Waals surface area contributed by atoms with Gasteiger partial charge in [0.05, 0.1) is 0 Å². The molecule has 0 saturated heterocycles. The molecule has 0 radical (unpaired) electrons. The largest absolute Gasteiger partial charge is 0.0840 e. The third-order valence-electron chi connectivity index (χ3n) is 3.24. The van der Waals surface area contributed by atoms with Gasteiger partial charge in [0.1, 0.15) is 0 Å². The van der Waals surface area contributed by atoms with Crippen LogP contribution in [-0.4, -0.2) is 0 Å². The molecular formula is C13H19Cl. The Hall–Kier alpha value is -0.490. The van der Waals surface area contributed by atoms with Crippen LogP contribution in [0.2, 0.25) is 5.02 Å². The van der Waals surface area contributed by atoms with Crippen LogP contribution in [0.3, 0.4) is 0 Å². The second-order valence-corrected chi connectivity index (χ2v) is 4.82. The molecule has 2 unspecified atom stereocenters. The van der Waals surface area contributed by atoms with Gasteiger partial charge >= 0.3 is 0 Å². The van der Waals surface area contributed by atoms with Crippen molar-refractivity contribution in [2.24, 2.45) is 11.8 Å². The van der Waals surface area contributed by atoms with E-state index in [9.17, 15) is 0 Å². The molecule has 0 spiro atoms. The fraction of sp³-hybridized carbons (Fsp3) is 0.538. The number of benzene rings is 1. The lowest BCUT2D eigenvalue weighted by Gasteiger charge is -2.24. The van der Waals surface area contributed by atoms with Crippen molar-refractivity contribution in [2.75, 3.05) is 0 Å². The van der Waals surface area contributed by atoms with Gasteiger partial charge in [-0.25, -0.2) is 0 Å². The van der Waals surface area contributed by atoms with E-state index in [0.29, 0.717) is 17.8 Å². The van der Waals surface area contributed by atoms with Crippen LogP contribution >= 0.6 is 11.6 Å². The van der Waals surface area contributed by atoms with E-state index in [0.717, 1.165) is 5.02 Å². The topological polar surface area (TPSA) is 0 Å². The summed E-state index contributed by atoms with van der Waals surface area (Å²) >= 11 is 6.17. The molecule has 0 fully saturated rings. The Labute approximate surface area is 92.3 Å². The minimum atomic E-state index is 0.531. The highest BCUT2D eigenvalue weighted by atomic mass is 35.5. The molecule has 0 bridgehead atoms. The van der Waals surface area contributed by atoms with Crippen molar-refractivity contribution < 1.29 is 0 Å². The average Bonchev–Trinajstić information content (AvgIpc) is 2.16. The highest BCUT2D eigenvalue weighted by molar-refractivity contribution is 6.31. The number of hydrogen-bond acceptors (Lipinski definition) is 0. The van der Waals surface area contributed by atoms with Crippen LogP contribution in [0.4, 0.5) is 0 Å². The standard InChI is InChI=1S/C13H19Cl/c1-9(2)10(3)11(4)12-7-5-6-8-13(12)14/h5-11H,1-4H3. The molecule has 1 aromatic carbocycles. The molecule has 1 heteroatoms. The monoisotopic (exact) mass is 210 g/mol. The molecule has 0 aliphatic rings. The molecule has 0 aromatic heterocycles. The van der Waals surface area contributed by atoms with Gasteiger partial charge in [0.25, 0.3) is 0 Å². The lowest BCUT2D eigenvalue weighted by atomic mass is 9.82. The Kier molecular flexibility index (Phi) is 4.00. The molecule has 0 N–H and O–H groups in total. The van der Waals surface area contributed by atoms with Crippen LogP contribution in [0, 0.1) is 11.8 Å². The zero-order chi connectivity index (χ0) is 10.7. The van der Waals surface area contributed by atoms with E-state index in [2.05, 4.69) is 39.8 Å². The van der Waals surface area contributed by atoms with E-state index in [1.807, 2.05) is 12.1 Å². The molecule has 0 heterocycles. The first-order valence-electron chi connectivity index (χ1n) is 5.28. The van der Waals surface area contributed by atoms with Gasteiger partial charge in [-0.2, -0.15) is 0 Å². The second-order valence-electron chi connectivity index (χ2n) is 4.41. The van der Waals surface area contributed by atoms with Crippen molar-refractivity contribution in [2.45, 2.75) is 33.6 Å². The Morgan fingerprint density at radius 2 is 1.57 bits per heavy atom. The zero-order valence-electron chi connectivity index (χ0n) is 9.42. The summed E-state index contributed by atoms with van der Waals surface area (Å²) in [6.07, 6.45) is 0. The molecule has 14 heavy (non-hydrogen) atoms. The number of halogens is 1. The zero-order valence-corrected chi connectivity index (χ0v) is 10.2. The molecule has 0 aliphatic heterocycles. The molecule has 1 aromatic rings. The maximum atomic E-state index is 6.17. The summed E-state index contributed by atoms with van der Waals surface area (Å²) in [7, 11) is 0. The highest BCUT2D eigenvalue weighted by Crippen LogP contribution is 2.33. The maximum Gasteiger partial charge on any atom is 0.0440 e. The minimum absolute atomic E-state index is 0.531. The molecule has 0 nitrogen and oxygen atoms in total. The lowest BCUT2D eigenvalue weighted by Crippen LogP contribution is -2.12. The van der Waals surface area contributed by atoms with Gasteiger partial charge in [-0.05, 0) is 29.4 Å². The SMILES string of the molecule is CC(C)C(C)C(C)c1ccccc1Cl. The van der Waals surface area contributed by atoms with E-state index in [-0.39, 0.29) is 0 Å². The van der Waals surface area contributed by atoms with E-state index in [1.165, 1.54) is 5.56 Å². The smallest absolute Gasteiger partial charge is 0.0440 e. The first-order valence-corrected chi connectivity index (χ1v) is 5.66. The Morgan fingerprint density at radius 1 is 1.00 bits per heavy atom. The normalized spacial score (nSPS) is 15.6. The molecule has 0 saturated carbocycles. The van der Waals surface area contributed by atoms with Crippen LogP contribution in [0.1, 0.15) is 39.2 Å². The summed E-state index contributed by atoms with van der Waals surface area (Å²) in [6.45, 7) is 9.07. The summed E-state index contributed by atoms with van der Waals surface area (Å²) in [5.41, 5.74) is 1.27. The van der Waals surface area contributed by atoms with Gasteiger partial charge in [-0.15, -0.1) is 0 Å². The fourth-order valence-corrected chi connectivity index (χ4v) is 2.01. The van der Waals surface area contributed by atoms with Gasteiger partial charge in [-0.3, -0.25) is 0 Å². The molecule has 2 atom stereocenters. The third kappa shape index (κ3) is 2.51. The van der Waals surface area contributed by atoms with Gasteiger partial charge < -0.3 is 0 Å². The van der Waals surface area contributed by atoms with Crippen molar-refractivity contribution >= 4 is 11.6 Å². The predicted molar refractivity (Wildman–Crippen MR) is 63.9 cm³/mol. The Bertz CT molecular complexity index is 291. The Balaban J connectivity index is 2.89. The summed E-state index contributed by atoms with van der Waals surface area (Å²) in [5.74, 6) is 1.89. The third-order valence-corrected chi connectivity index (χ3v) is 3.58. The summed E-state index contributed by atoms with van der Waals surface area (Å²) in [4.78, 5) is 0. The van der Waals surface area contributed by atoms with Gasteiger partial charge in [0.15, 0.2) is 0 Å². The molecule has 78 valence electrons. The Morgan fingerprint density at radius 3 is 2.07 bits per heavy atom. The van der Waals surface area contributed by atoms with Crippen molar-refractivity contribution in [3.8, 4) is 0 Å². The van der Waals surface area contributed by atoms with Crippen LogP contribution in [0.15, 0.2) is 24.3 Å². The summed E-state index contributed by atoms with van der Waals surface area (Å²) < 4.78 is 0. The van der Waals surface area contributed by atoms with E-state index < -0.39 is 0 Å². The quantitative estimate of drug-likeness (QED) is 0.677. The second kappa shape index (κ2) is 4.84. The van der Waals surface area contributed by atoms with Crippen LogP contribution in [0.25, 0.3) is 0 Å². The summed E-state index contributed by atoms with van der Waals surface area (Å²) in [5, 5.41) is 0.896. The molecule has 0 aliphatic carbocycles. The van der Waals surface area contributed by atoms with Crippen LogP contribution in [0.5, 0.6) is 0 Å². The van der Waals surface area contributed by atoms with Crippen molar-refractivity contribution in [1.82, 2.24) is 0 Å². The van der Waals surface area contributed by atoms with Crippen molar-refractivity contribution in [1.29, 1.82) is 0 Å². The van der Waals surface area contributed by atoms with Crippen LogP contribution in [-0.2, 0) is 0 Å². The first-order chi connectivity index (χ1) is 6.54. The average molecular weight is 211 g/mol. The van der Waals surface area contributed by atoms with E-state index in [4.69, 9.17) is 11.6 Å². The minimum Gasteiger partial charge on any atom is -0.0840 e. The van der Waals surface area contributed by atoms with Gasteiger partial charge in [-0.1, -0.05) is 57.5 Å². The van der Waals surface area contributed by atoms with Crippen molar-refractivity contribution in [3.05, 3.63) is 34.9 Å². The highest BCUT2D eigenvalue weighted by Gasteiger charge is 2.18. The maximum absolute atomic E-state index is 6.17. The van der Waals surface area contributed by atoms with Gasteiger partial charge in [0, 0.05) is 5.02 Å². The number of rotatable bonds is 3. The molecule has 0 amide bonds. The fourth-order valence-electron chi connectivity index (χ4n) is 1.70.